The number of aryl methyl sites for hydroxylation is 1. The average Bonchev–Trinajstić information content (AvgIpc) is 3.12. The average molecular weight is 444 g/mol. The van der Waals surface area contributed by atoms with Crippen molar-refractivity contribution in [2.24, 2.45) is 11.1 Å². The number of thioether (sulfide) groups is 1. The minimum Gasteiger partial charge on any atom is -0.454 e. The lowest BCUT2D eigenvalue weighted by Gasteiger charge is -2.31. The third-order valence-corrected chi connectivity index (χ3v) is 6.02. The molecule has 5 nitrogen and oxygen atoms in total. The van der Waals surface area contributed by atoms with Gasteiger partial charge >= 0.3 is 0 Å². The van der Waals surface area contributed by atoms with E-state index in [-0.39, 0.29) is 12.2 Å². The third kappa shape index (κ3) is 7.11. The van der Waals surface area contributed by atoms with Crippen LogP contribution in [0.2, 0.25) is 0 Å². The van der Waals surface area contributed by atoms with Gasteiger partial charge in [0.05, 0.1) is 5.03 Å². The van der Waals surface area contributed by atoms with Gasteiger partial charge in [0.1, 0.15) is 0 Å². The first kappa shape index (κ1) is 25.0. The van der Waals surface area contributed by atoms with Gasteiger partial charge in [0.25, 0.3) is 0 Å². The second-order valence-electron chi connectivity index (χ2n) is 8.95. The number of rotatable bonds is 10. The van der Waals surface area contributed by atoms with Crippen LogP contribution in [0.5, 0.6) is 11.5 Å². The number of hydrogen-bond acceptors (Lipinski definition) is 6. The van der Waals surface area contributed by atoms with Gasteiger partial charge in [0.15, 0.2) is 11.5 Å². The van der Waals surface area contributed by atoms with Gasteiger partial charge in [-0.1, -0.05) is 51.8 Å². The maximum absolute atomic E-state index is 6.15. The first-order valence-electron chi connectivity index (χ1n) is 10.5. The Hall–Kier alpha value is -2.31. The van der Waals surface area contributed by atoms with E-state index in [4.69, 9.17) is 15.2 Å². The Morgan fingerprint density at radius 3 is 2.48 bits per heavy atom. The van der Waals surface area contributed by atoms with Gasteiger partial charge in [-0.15, -0.1) is 0 Å². The van der Waals surface area contributed by atoms with Crippen molar-refractivity contribution in [1.82, 2.24) is 10.2 Å². The Bertz CT molecular complexity index is 877. The highest BCUT2D eigenvalue weighted by Crippen LogP contribution is 2.41. The molecule has 0 aromatic heterocycles. The maximum atomic E-state index is 6.15. The second-order valence-corrected chi connectivity index (χ2v) is 10.1. The number of nitrogens with zero attached hydrogens (tertiary/aromatic N) is 1. The van der Waals surface area contributed by atoms with Crippen LogP contribution in [0.25, 0.3) is 0 Å². The maximum Gasteiger partial charge on any atom is 0.231 e. The Kier molecular flexibility index (Phi) is 8.71. The Labute approximate surface area is 192 Å². The van der Waals surface area contributed by atoms with Crippen molar-refractivity contribution < 1.29 is 9.47 Å². The molecule has 0 radical (unpaired) electrons. The molecule has 0 saturated heterocycles. The summed E-state index contributed by atoms with van der Waals surface area (Å²) in [5.41, 5.74) is 10.3. The molecule has 1 aromatic carbocycles. The van der Waals surface area contributed by atoms with Gasteiger partial charge < -0.3 is 25.4 Å². The second kappa shape index (κ2) is 10.8. The van der Waals surface area contributed by atoms with E-state index in [1.54, 1.807) is 17.8 Å². The van der Waals surface area contributed by atoms with Crippen molar-refractivity contribution in [2.45, 2.75) is 46.4 Å². The predicted molar refractivity (Wildman–Crippen MR) is 132 cm³/mol. The van der Waals surface area contributed by atoms with Crippen LogP contribution in [0.1, 0.15) is 40.2 Å². The van der Waals surface area contributed by atoms with Crippen molar-refractivity contribution in [3.05, 3.63) is 65.0 Å². The molecule has 0 aliphatic carbocycles. The lowest BCUT2D eigenvalue weighted by molar-refractivity contribution is 0.174. The molecule has 0 spiro atoms. The summed E-state index contributed by atoms with van der Waals surface area (Å²) in [5, 5.41) is 4.47. The molecular formula is C25H37N3O2S. The minimum atomic E-state index is 0.226. The van der Waals surface area contributed by atoms with Crippen LogP contribution >= 0.6 is 11.8 Å². The van der Waals surface area contributed by atoms with Crippen LogP contribution in [0.3, 0.4) is 0 Å². The van der Waals surface area contributed by atoms with Gasteiger partial charge in [0, 0.05) is 35.9 Å². The molecule has 0 unspecified atom stereocenters. The van der Waals surface area contributed by atoms with Crippen molar-refractivity contribution in [2.75, 3.05) is 26.4 Å². The fraction of sp³-hybridized carbons (Fsp3) is 0.440. The molecule has 6 heteroatoms. The molecule has 0 saturated carbocycles. The first-order valence-corrected chi connectivity index (χ1v) is 11.4. The number of fused-ring (bicyclic) bond motifs is 1. The Morgan fingerprint density at radius 1 is 1.26 bits per heavy atom. The predicted octanol–water partition coefficient (Wildman–Crippen LogP) is 5.55. The summed E-state index contributed by atoms with van der Waals surface area (Å²) < 4.78 is 11.1. The van der Waals surface area contributed by atoms with Crippen LogP contribution < -0.4 is 20.5 Å². The fourth-order valence-corrected chi connectivity index (χ4v) is 4.02. The number of nitrogens with two attached hydrogens (primary N) is 1. The largest absolute Gasteiger partial charge is 0.454 e. The molecule has 1 heterocycles. The van der Waals surface area contributed by atoms with E-state index >= 15 is 0 Å². The normalized spacial score (nSPS) is 14.3. The van der Waals surface area contributed by atoms with Crippen molar-refractivity contribution >= 4 is 11.8 Å². The van der Waals surface area contributed by atoms with Crippen LogP contribution in [-0.2, 0) is 0 Å². The quantitative estimate of drug-likeness (QED) is 0.281. The first-order chi connectivity index (χ1) is 14.5. The zero-order valence-corrected chi connectivity index (χ0v) is 20.6. The summed E-state index contributed by atoms with van der Waals surface area (Å²) in [6.45, 7) is 23.8. The highest BCUT2D eigenvalue weighted by atomic mass is 32.2. The number of allylic oxidation sites excluding steroid dienone is 4. The molecular weight excluding hydrogens is 406 g/mol. The molecule has 170 valence electrons. The van der Waals surface area contributed by atoms with Crippen molar-refractivity contribution in [3.8, 4) is 11.5 Å². The summed E-state index contributed by atoms with van der Waals surface area (Å²) >= 11 is 1.62. The fourth-order valence-electron chi connectivity index (χ4n) is 3.08. The number of ether oxygens (including phenoxy) is 2. The Balaban J connectivity index is 2.28. The molecule has 1 aliphatic heterocycles. The summed E-state index contributed by atoms with van der Waals surface area (Å²) in [7, 11) is 0. The third-order valence-electron chi connectivity index (χ3n) is 4.91. The van der Waals surface area contributed by atoms with Gasteiger partial charge in [-0.2, -0.15) is 0 Å². The van der Waals surface area contributed by atoms with E-state index in [1.165, 1.54) is 0 Å². The number of benzene rings is 1. The van der Waals surface area contributed by atoms with E-state index in [9.17, 15) is 0 Å². The van der Waals surface area contributed by atoms with Gasteiger partial charge in [-0.05, 0) is 55.5 Å². The molecule has 0 atom stereocenters. The van der Waals surface area contributed by atoms with E-state index in [2.05, 4.69) is 51.1 Å². The monoisotopic (exact) mass is 443 g/mol. The summed E-state index contributed by atoms with van der Waals surface area (Å²) in [5.74, 6) is 1.57. The van der Waals surface area contributed by atoms with Crippen molar-refractivity contribution in [3.63, 3.8) is 0 Å². The highest BCUT2D eigenvalue weighted by Gasteiger charge is 2.20. The summed E-state index contributed by atoms with van der Waals surface area (Å²) in [6, 6.07) is 4.04. The van der Waals surface area contributed by atoms with E-state index < -0.39 is 0 Å². The zero-order valence-electron chi connectivity index (χ0n) is 19.8. The van der Waals surface area contributed by atoms with Crippen LogP contribution in [-0.4, -0.2) is 31.3 Å². The highest BCUT2D eigenvalue weighted by molar-refractivity contribution is 8.03. The molecule has 31 heavy (non-hydrogen) atoms. The molecule has 0 bridgehead atoms. The molecule has 2 rings (SSSR count). The molecule has 0 amide bonds. The van der Waals surface area contributed by atoms with Gasteiger partial charge in [-0.25, -0.2) is 0 Å². The van der Waals surface area contributed by atoms with Crippen LogP contribution in [0, 0.1) is 12.3 Å². The summed E-state index contributed by atoms with van der Waals surface area (Å²) in [4.78, 5) is 3.29. The lowest BCUT2D eigenvalue weighted by atomic mass is 9.97. The summed E-state index contributed by atoms with van der Waals surface area (Å²) in [6.07, 6.45) is 3.79. The standard InChI is InChI=1S/C25H37N3O2S/c1-9-10-21(18(3)19(4)26)28(12-11-27-15-25(6,7)8)20(5)31-24-14-23-22(13-17(24)2)29-16-30-23/h9-10,13-14,27H,1,5,11-12,15-16,26H2,2-4,6-8H3/b19-18+,21-10+. The van der Waals surface area contributed by atoms with Gasteiger partial charge in [0.2, 0.25) is 6.79 Å². The molecule has 1 aliphatic rings. The molecule has 0 fully saturated rings. The minimum absolute atomic E-state index is 0.226. The lowest BCUT2D eigenvalue weighted by Crippen LogP contribution is -2.35. The SMILES string of the molecule is C=C/C=C(\C(C)=C(/C)N)N(CCNCC(C)(C)C)C(=C)Sc1cc2c(cc1C)OCO2. The van der Waals surface area contributed by atoms with Crippen molar-refractivity contribution in [1.29, 1.82) is 0 Å². The smallest absolute Gasteiger partial charge is 0.231 e. The Morgan fingerprint density at radius 2 is 1.90 bits per heavy atom. The van der Waals surface area contributed by atoms with Crippen LogP contribution in [0.15, 0.2) is 64.3 Å². The van der Waals surface area contributed by atoms with E-state index in [0.29, 0.717) is 0 Å². The van der Waals surface area contributed by atoms with E-state index in [0.717, 1.165) is 63.6 Å². The van der Waals surface area contributed by atoms with Gasteiger partial charge in [-0.3, -0.25) is 0 Å². The topological polar surface area (TPSA) is 59.8 Å². The molecule has 3 N–H and O–H groups in total. The molecule has 1 aromatic rings. The van der Waals surface area contributed by atoms with E-state index in [1.807, 2.05) is 32.1 Å². The zero-order chi connectivity index (χ0) is 23.2. The number of nitrogens with one attached hydrogen (secondary N) is 1. The van der Waals surface area contributed by atoms with Crippen LogP contribution in [0.4, 0.5) is 0 Å². The number of hydrogen-bond donors (Lipinski definition) is 2.